The highest BCUT2D eigenvalue weighted by molar-refractivity contribution is 5.91. The fourth-order valence-corrected chi connectivity index (χ4v) is 4.27. The molecule has 0 radical (unpaired) electrons. The quantitative estimate of drug-likeness (QED) is 0.275. The van der Waals surface area contributed by atoms with Crippen molar-refractivity contribution in [1.82, 2.24) is 0 Å². The fraction of sp³-hybridized carbons (Fsp3) is 0.640. The van der Waals surface area contributed by atoms with E-state index in [0.717, 1.165) is 0 Å². The lowest BCUT2D eigenvalue weighted by atomic mass is 9.78. The molecule has 3 rings (SSSR count). The molecule has 176 valence electrons. The number of carbonyl (C=O) groups excluding carboxylic acids is 3. The van der Waals surface area contributed by atoms with Gasteiger partial charge in [-0.3, -0.25) is 4.79 Å². The van der Waals surface area contributed by atoms with Gasteiger partial charge in [-0.05, 0) is 48.5 Å². The van der Waals surface area contributed by atoms with E-state index in [4.69, 9.17) is 18.9 Å². The average Bonchev–Trinajstić information content (AvgIpc) is 3.62. The molecule has 0 aromatic rings. The molecule has 2 heterocycles. The molecule has 1 aliphatic carbocycles. The van der Waals surface area contributed by atoms with E-state index in [1.165, 1.54) is 0 Å². The Kier molecular flexibility index (Phi) is 6.55. The Morgan fingerprint density at radius 3 is 2.12 bits per heavy atom. The lowest BCUT2D eigenvalue weighted by Crippen LogP contribution is -2.45. The summed E-state index contributed by atoms with van der Waals surface area (Å²) in [7, 11) is 0. The minimum absolute atomic E-state index is 0.0849. The standard InChI is InChI=1S/C25H34O7/c1-9-14(5)22(27)29-18-12-19-24(7,31-19)17(26)11-16(13(3)4)20(21-25(18,8)32-21)30-23(28)15(6)10-2/h9-10,16,18-21H,3,11-12H2,1-2,4-8H3/b14-9-,15-10-/t16-,18-,19+,20-,21-,24-,25+/m0/s1. The van der Waals surface area contributed by atoms with Crippen LogP contribution >= 0.6 is 0 Å². The van der Waals surface area contributed by atoms with Gasteiger partial charge >= 0.3 is 11.9 Å². The monoisotopic (exact) mass is 446 g/mol. The van der Waals surface area contributed by atoms with E-state index >= 15 is 0 Å². The molecule has 0 amide bonds. The summed E-state index contributed by atoms with van der Waals surface area (Å²) in [4.78, 5) is 38.4. The largest absolute Gasteiger partial charge is 0.456 e. The molecule has 3 fully saturated rings. The van der Waals surface area contributed by atoms with E-state index < -0.39 is 47.4 Å². The van der Waals surface area contributed by atoms with Crippen molar-refractivity contribution >= 4 is 17.7 Å². The average molecular weight is 447 g/mol. The first-order valence-corrected chi connectivity index (χ1v) is 11.1. The second-order valence-electron chi connectivity index (χ2n) is 9.46. The van der Waals surface area contributed by atoms with E-state index in [-0.39, 0.29) is 18.3 Å². The summed E-state index contributed by atoms with van der Waals surface area (Å²) in [5.74, 6) is -1.46. The first-order chi connectivity index (χ1) is 14.9. The van der Waals surface area contributed by atoms with E-state index in [9.17, 15) is 14.4 Å². The Bertz CT molecular complexity index is 900. The molecule has 2 saturated heterocycles. The molecule has 7 nitrogen and oxygen atoms in total. The van der Waals surface area contributed by atoms with Crippen molar-refractivity contribution < 1.29 is 33.3 Å². The van der Waals surface area contributed by atoms with Gasteiger partial charge in [-0.2, -0.15) is 0 Å². The molecular weight excluding hydrogens is 412 g/mol. The Morgan fingerprint density at radius 2 is 1.59 bits per heavy atom. The van der Waals surface area contributed by atoms with Crippen LogP contribution < -0.4 is 0 Å². The van der Waals surface area contributed by atoms with Gasteiger partial charge in [0.25, 0.3) is 0 Å². The van der Waals surface area contributed by atoms with Gasteiger partial charge in [0.2, 0.25) is 0 Å². The third-order valence-electron chi connectivity index (χ3n) is 7.19. The number of esters is 2. The summed E-state index contributed by atoms with van der Waals surface area (Å²) in [6.07, 6.45) is 1.49. The zero-order chi connectivity index (χ0) is 24.0. The van der Waals surface area contributed by atoms with Gasteiger partial charge in [-0.25, -0.2) is 9.59 Å². The molecule has 32 heavy (non-hydrogen) atoms. The van der Waals surface area contributed by atoms with E-state index in [1.54, 1.807) is 46.8 Å². The van der Waals surface area contributed by atoms with E-state index in [2.05, 4.69) is 6.58 Å². The maximum Gasteiger partial charge on any atom is 0.333 e. The zero-order valence-corrected chi connectivity index (χ0v) is 20.0. The number of hydrogen-bond acceptors (Lipinski definition) is 7. The Morgan fingerprint density at radius 1 is 1.03 bits per heavy atom. The Labute approximate surface area is 189 Å². The minimum Gasteiger partial charge on any atom is -0.456 e. The van der Waals surface area contributed by atoms with Crippen molar-refractivity contribution in [2.45, 2.75) is 96.9 Å². The van der Waals surface area contributed by atoms with Crippen LogP contribution in [0.1, 0.15) is 61.3 Å². The van der Waals surface area contributed by atoms with Crippen LogP contribution in [0.3, 0.4) is 0 Å². The van der Waals surface area contributed by atoms with Crippen molar-refractivity contribution in [2.24, 2.45) is 5.92 Å². The van der Waals surface area contributed by atoms with Crippen molar-refractivity contribution in [3.8, 4) is 0 Å². The van der Waals surface area contributed by atoms with Gasteiger partial charge in [-0.15, -0.1) is 0 Å². The van der Waals surface area contributed by atoms with Crippen LogP contribution in [-0.4, -0.2) is 53.3 Å². The third-order valence-corrected chi connectivity index (χ3v) is 7.19. The maximum absolute atomic E-state index is 13.1. The first-order valence-electron chi connectivity index (χ1n) is 11.1. The summed E-state index contributed by atoms with van der Waals surface area (Å²) >= 11 is 0. The van der Waals surface area contributed by atoms with Crippen LogP contribution in [0.5, 0.6) is 0 Å². The predicted molar refractivity (Wildman–Crippen MR) is 118 cm³/mol. The molecule has 7 heteroatoms. The number of Topliss-reactive ketones (excluding diaryl/α,β-unsaturated/α-hetero) is 1. The summed E-state index contributed by atoms with van der Waals surface area (Å²) in [5.41, 5.74) is -0.184. The molecule has 3 aliphatic rings. The van der Waals surface area contributed by atoms with Gasteiger partial charge < -0.3 is 18.9 Å². The van der Waals surface area contributed by atoms with Crippen LogP contribution in [0.2, 0.25) is 0 Å². The molecule has 0 spiro atoms. The van der Waals surface area contributed by atoms with Gasteiger partial charge in [0.15, 0.2) is 5.78 Å². The van der Waals surface area contributed by atoms with Crippen molar-refractivity contribution in [2.75, 3.05) is 0 Å². The first kappa shape index (κ1) is 24.4. The smallest absolute Gasteiger partial charge is 0.333 e. The molecule has 0 aromatic heterocycles. The van der Waals surface area contributed by atoms with Crippen LogP contribution in [0, 0.1) is 5.92 Å². The minimum atomic E-state index is -0.958. The number of hydrogen-bond donors (Lipinski definition) is 0. The lowest BCUT2D eigenvalue weighted by Gasteiger charge is -2.30. The molecule has 0 N–H and O–H groups in total. The number of rotatable bonds is 5. The van der Waals surface area contributed by atoms with Crippen LogP contribution in [0.4, 0.5) is 0 Å². The van der Waals surface area contributed by atoms with Crippen molar-refractivity contribution in [3.63, 3.8) is 0 Å². The Balaban J connectivity index is 1.99. The summed E-state index contributed by atoms with van der Waals surface area (Å²) < 4.78 is 23.6. The van der Waals surface area contributed by atoms with Gasteiger partial charge in [-0.1, -0.05) is 24.3 Å². The van der Waals surface area contributed by atoms with Crippen molar-refractivity contribution in [1.29, 1.82) is 0 Å². The number of allylic oxidation sites excluding steroid dienone is 2. The fourth-order valence-electron chi connectivity index (χ4n) is 4.27. The van der Waals surface area contributed by atoms with E-state index in [1.807, 2.05) is 13.8 Å². The SMILES string of the molecule is C=C(C)[C@@H]1CC(=O)[C@]2(C)O[C@@H]2C[C@H](OC(=O)/C(C)=C\C)[C@@]2(C)O[C@H]2[C@H]1OC(=O)/C(C)=C\C. The lowest BCUT2D eigenvalue weighted by molar-refractivity contribution is -0.150. The van der Waals surface area contributed by atoms with Gasteiger partial charge in [0, 0.05) is 29.9 Å². The highest BCUT2D eigenvalue weighted by Gasteiger charge is 2.69. The highest BCUT2D eigenvalue weighted by atomic mass is 16.7. The van der Waals surface area contributed by atoms with Crippen LogP contribution in [-0.2, 0) is 33.3 Å². The number of ketones is 1. The third kappa shape index (κ3) is 4.33. The van der Waals surface area contributed by atoms with Crippen LogP contribution in [0.15, 0.2) is 35.5 Å². The van der Waals surface area contributed by atoms with Crippen molar-refractivity contribution in [3.05, 3.63) is 35.5 Å². The van der Waals surface area contributed by atoms with Crippen LogP contribution in [0.25, 0.3) is 0 Å². The molecule has 1 saturated carbocycles. The topological polar surface area (TPSA) is 94.7 Å². The number of fused-ring (bicyclic) bond motifs is 2. The Hall–Kier alpha value is -2.25. The maximum atomic E-state index is 13.1. The number of epoxide rings is 2. The predicted octanol–water partition coefficient (Wildman–Crippen LogP) is 3.61. The van der Waals surface area contributed by atoms with Gasteiger partial charge in [0.1, 0.15) is 29.5 Å². The van der Waals surface area contributed by atoms with E-state index in [0.29, 0.717) is 23.1 Å². The highest BCUT2D eigenvalue weighted by Crippen LogP contribution is 2.53. The molecular formula is C25H34O7. The number of carbonyl (C=O) groups is 3. The molecule has 2 aliphatic heterocycles. The normalized spacial score (nSPS) is 39.3. The van der Waals surface area contributed by atoms with Gasteiger partial charge in [0.05, 0.1) is 6.10 Å². The molecule has 7 atom stereocenters. The summed E-state index contributed by atoms with van der Waals surface area (Å²) in [5, 5.41) is 0. The zero-order valence-electron chi connectivity index (χ0n) is 20.0. The second-order valence-corrected chi connectivity index (χ2v) is 9.46. The summed E-state index contributed by atoms with van der Waals surface area (Å²) in [6, 6.07) is 0. The molecule has 0 bridgehead atoms. The summed E-state index contributed by atoms with van der Waals surface area (Å²) in [6.45, 7) is 16.3. The molecule has 0 unspecified atom stereocenters. The molecule has 0 aromatic carbocycles. The second kappa shape index (κ2) is 8.60. The number of ether oxygens (including phenoxy) is 4.